The molecule has 1 aromatic rings. The van der Waals surface area contributed by atoms with Crippen molar-refractivity contribution in [1.29, 1.82) is 0 Å². The third-order valence-corrected chi connectivity index (χ3v) is 5.96. The minimum absolute atomic E-state index is 0. The van der Waals surface area contributed by atoms with Crippen molar-refractivity contribution < 1.29 is 0 Å². The van der Waals surface area contributed by atoms with Crippen LogP contribution in [0.25, 0.3) is 0 Å². The summed E-state index contributed by atoms with van der Waals surface area (Å²) in [6.45, 7) is 9.44. The Morgan fingerprint density at radius 3 is 2.56 bits per heavy atom. The largest absolute Gasteiger partial charge is 0.370 e. The molecule has 0 bridgehead atoms. The van der Waals surface area contributed by atoms with E-state index in [9.17, 15) is 0 Å². The number of piperazine rings is 1. The van der Waals surface area contributed by atoms with E-state index < -0.39 is 0 Å². The van der Waals surface area contributed by atoms with E-state index in [1.54, 1.807) is 11.3 Å². The number of likely N-dealkylation sites (tertiary alicyclic amines) is 1. The molecule has 0 amide bonds. The van der Waals surface area contributed by atoms with Gasteiger partial charge in [-0.3, -0.25) is 4.99 Å². The Kier molecular flexibility index (Phi) is 8.71. The highest BCUT2D eigenvalue weighted by molar-refractivity contribution is 14.0. The van der Waals surface area contributed by atoms with Gasteiger partial charge in [-0.1, -0.05) is 6.42 Å². The number of rotatable bonds is 5. The second kappa shape index (κ2) is 10.5. The van der Waals surface area contributed by atoms with Gasteiger partial charge in [0, 0.05) is 50.3 Å². The van der Waals surface area contributed by atoms with Crippen LogP contribution < -0.4 is 10.6 Å². The lowest BCUT2D eigenvalue weighted by Crippen LogP contribution is -2.51. The summed E-state index contributed by atoms with van der Waals surface area (Å²) in [5.74, 6) is 0.708. The summed E-state index contributed by atoms with van der Waals surface area (Å²) < 4.78 is 0. The molecule has 2 saturated heterocycles. The van der Waals surface area contributed by atoms with Crippen molar-refractivity contribution in [3.63, 3.8) is 0 Å². The Balaban J connectivity index is 0.00000225. The summed E-state index contributed by atoms with van der Waals surface area (Å²) >= 11 is 1.70. The molecule has 2 fully saturated rings. The van der Waals surface area contributed by atoms with E-state index in [1.165, 1.54) is 32.4 Å². The van der Waals surface area contributed by atoms with Gasteiger partial charge in [-0.15, -0.1) is 35.3 Å². The molecular formula is C17H31IN6S. The highest BCUT2D eigenvalue weighted by atomic mass is 127. The van der Waals surface area contributed by atoms with Crippen molar-refractivity contribution in [3.05, 3.63) is 11.6 Å². The van der Waals surface area contributed by atoms with E-state index in [-0.39, 0.29) is 24.0 Å². The Morgan fingerprint density at radius 2 is 1.92 bits per heavy atom. The molecule has 3 heterocycles. The summed E-state index contributed by atoms with van der Waals surface area (Å²) in [4.78, 5) is 16.1. The maximum absolute atomic E-state index is 6.21. The predicted octanol–water partition coefficient (Wildman–Crippen LogP) is 2.46. The molecule has 3 rings (SSSR count). The number of nitrogens with two attached hydrogens (primary N) is 1. The van der Waals surface area contributed by atoms with Crippen molar-refractivity contribution in [2.75, 3.05) is 50.7 Å². The monoisotopic (exact) mass is 478 g/mol. The van der Waals surface area contributed by atoms with E-state index in [0.29, 0.717) is 12.0 Å². The molecule has 0 aliphatic carbocycles. The maximum atomic E-state index is 6.21. The fourth-order valence-corrected chi connectivity index (χ4v) is 4.20. The zero-order valence-electron chi connectivity index (χ0n) is 15.1. The van der Waals surface area contributed by atoms with Crippen LogP contribution in [0.5, 0.6) is 0 Å². The summed E-state index contributed by atoms with van der Waals surface area (Å²) in [7, 11) is 0. The highest BCUT2D eigenvalue weighted by Gasteiger charge is 2.20. The fourth-order valence-electron chi connectivity index (χ4n) is 3.51. The van der Waals surface area contributed by atoms with Gasteiger partial charge in [-0.25, -0.2) is 4.98 Å². The molecule has 0 spiro atoms. The molecule has 2 aliphatic rings. The zero-order chi connectivity index (χ0) is 16.8. The summed E-state index contributed by atoms with van der Waals surface area (Å²) in [5.41, 5.74) is 6.21. The standard InChI is InChI=1S/C17H30N6S.HI/c1-15(21-8-3-2-4-9-21)5-6-19-16(18)22-10-12-23(13-11-22)17-20-7-14-24-17;/h7,14-15H,2-6,8-13H2,1H3,(H2,18,19);1H. The molecule has 0 aromatic carbocycles. The van der Waals surface area contributed by atoms with Crippen LogP contribution in [0, 0.1) is 0 Å². The van der Waals surface area contributed by atoms with Crippen molar-refractivity contribution >= 4 is 46.4 Å². The first-order valence-electron chi connectivity index (χ1n) is 9.17. The smallest absolute Gasteiger partial charge is 0.191 e. The first-order chi connectivity index (χ1) is 11.7. The third kappa shape index (κ3) is 5.96. The Bertz CT molecular complexity index is 509. The van der Waals surface area contributed by atoms with Crippen LogP contribution in [0.4, 0.5) is 5.13 Å². The topological polar surface area (TPSA) is 61.0 Å². The first kappa shape index (κ1) is 20.7. The molecule has 0 radical (unpaired) electrons. The molecule has 25 heavy (non-hydrogen) atoms. The van der Waals surface area contributed by atoms with E-state index >= 15 is 0 Å². The number of hydrogen-bond donors (Lipinski definition) is 1. The number of nitrogens with zero attached hydrogens (tertiary/aromatic N) is 5. The average molecular weight is 478 g/mol. The van der Waals surface area contributed by atoms with Gasteiger partial charge in [0.1, 0.15) is 0 Å². The second-order valence-corrected chi connectivity index (χ2v) is 7.64. The SMILES string of the molecule is CC(CCN=C(N)N1CCN(c2nccs2)CC1)N1CCCCC1.I. The molecule has 8 heteroatoms. The molecule has 2 aliphatic heterocycles. The Labute approximate surface area is 172 Å². The van der Waals surface area contributed by atoms with Crippen molar-refractivity contribution in [1.82, 2.24) is 14.8 Å². The van der Waals surface area contributed by atoms with Gasteiger partial charge in [0.15, 0.2) is 11.1 Å². The lowest BCUT2D eigenvalue weighted by Gasteiger charge is -2.35. The normalized spacial score (nSPS) is 21.1. The lowest BCUT2D eigenvalue weighted by molar-refractivity contribution is 0.168. The molecule has 1 unspecified atom stereocenters. The Hall–Kier alpha value is -0.610. The number of piperidine rings is 1. The zero-order valence-corrected chi connectivity index (χ0v) is 18.3. The van der Waals surface area contributed by atoms with Gasteiger partial charge in [0.2, 0.25) is 0 Å². The van der Waals surface area contributed by atoms with Crippen LogP contribution in [0.1, 0.15) is 32.6 Å². The summed E-state index contributed by atoms with van der Waals surface area (Å²) in [6, 6.07) is 0.614. The van der Waals surface area contributed by atoms with Crippen LogP contribution in [0.2, 0.25) is 0 Å². The van der Waals surface area contributed by atoms with E-state index in [2.05, 4.69) is 31.6 Å². The second-order valence-electron chi connectivity index (χ2n) is 6.76. The van der Waals surface area contributed by atoms with Gasteiger partial charge in [-0.05, 0) is 39.3 Å². The highest BCUT2D eigenvalue weighted by Crippen LogP contribution is 2.19. The van der Waals surface area contributed by atoms with Crippen molar-refractivity contribution in [3.8, 4) is 0 Å². The summed E-state index contributed by atoms with van der Waals surface area (Å²) in [5, 5.41) is 3.14. The van der Waals surface area contributed by atoms with Gasteiger partial charge >= 0.3 is 0 Å². The molecule has 1 atom stereocenters. The number of aromatic nitrogens is 1. The number of hydrogen-bond acceptors (Lipinski definition) is 5. The predicted molar refractivity (Wildman–Crippen MR) is 117 cm³/mol. The molecule has 142 valence electrons. The first-order valence-corrected chi connectivity index (χ1v) is 10.1. The number of halogens is 1. The van der Waals surface area contributed by atoms with Crippen LogP contribution in [-0.4, -0.2) is 72.6 Å². The quantitative estimate of drug-likeness (QED) is 0.400. The molecule has 0 saturated carbocycles. The van der Waals surface area contributed by atoms with Crippen molar-refractivity contribution in [2.24, 2.45) is 10.7 Å². The van der Waals surface area contributed by atoms with Gasteiger partial charge < -0.3 is 20.4 Å². The average Bonchev–Trinajstić information content (AvgIpc) is 3.17. The molecular weight excluding hydrogens is 447 g/mol. The molecule has 6 nitrogen and oxygen atoms in total. The van der Waals surface area contributed by atoms with E-state index in [0.717, 1.165) is 44.3 Å². The molecule has 1 aromatic heterocycles. The lowest BCUT2D eigenvalue weighted by atomic mass is 10.1. The summed E-state index contributed by atoms with van der Waals surface area (Å²) in [6.07, 6.45) is 7.05. The minimum atomic E-state index is 0. The van der Waals surface area contributed by atoms with Gasteiger partial charge in [0.25, 0.3) is 0 Å². The number of thiazole rings is 1. The fraction of sp³-hybridized carbons (Fsp3) is 0.765. The molecule has 2 N–H and O–H groups in total. The van der Waals surface area contributed by atoms with Crippen LogP contribution >= 0.6 is 35.3 Å². The Morgan fingerprint density at radius 1 is 1.20 bits per heavy atom. The van der Waals surface area contributed by atoms with E-state index in [1.807, 2.05) is 11.6 Å². The van der Waals surface area contributed by atoms with Crippen LogP contribution in [-0.2, 0) is 0 Å². The number of guanidine groups is 1. The van der Waals surface area contributed by atoms with Gasteiger partial charge in [-0.2, -0.15) is 0 Å². The minimum Gasteiger partial charge on any atom is -0.370 e. The van der Waals surface area contributed by atoms with Crippen molar-refractivity contribution in [2.45, 2.75) is 38.6 Å². The number of anilines is 1. The third-order valence-electron chi connectivity index (χ3n) is 5.13. The number of aliphatic imine (C=N–C) groups is 1. The van der Waals surface area contributed by atoms with E-state index in [4.69, 9.17) is 5.73 Å². The van der Waals surface area contributed by atoms with Crippen LogP contribution in [0.15, 0.2) is 16.6 Å². The van der Waals surface area contributed by atoms with Crippen LogP contribution in [0.3, 0.4) is 0 Å². The van der Waals surface area contributed by atoms with Gasteiger partial charge in [0.05, 0.1) is 0 Å². The maximum Gasteiger partial charge on any atom is 0.191 e.